The quantitative estimate of drug-likeness (QED) is 0.769. The Morgan fingerprint density at radius 1 is 1.28 bits per heavy atom. The summed E-state index contributed by atoms with van der Waals surface area (Å²) in [6.07, 6.45) is 3.48. The molecule has 0 radical (unpaired) electrons. The summed E-state index contributed by atoms with van der Waals surface area (Å²) < 4.78 is 1.76. The van der Waals surface area contributed by atoms with Crippen molar-refractivity contribution in [1.29, 1.82) is 0 Å². The van der Waals surface area contributed by atoms with Gasteiger partial charge in [0.25, 0.3) is 0 Å². The number of thiophene rings is 1. The molecule has 0 fully saturated rings. The lowest BCUT2D eigenvalue weighted by molar-refractivity contribution is 0.771. The van der Waals surface area contributed by atoms with Gasteiger partial charge < -0.3 is 5.32 Å². The van der Waals surface area contributed by atoms with Crippen molar-refractivity contribution >= 4 is 33.2 Å². The maximum Gasteiger partial charge on any atom is 0.153 e. The van der Waals surface area contributed by atoms with Gasteiger partial charge in [-0.25, -0.2) is 9.97 Å². The summed E-state index contributed by atoms with van der Waals surface area (Å²) in [5.41, 5.74) is 1.23. The lowest BCUT2D eigenvalue weighted by atomic mass is 10.2. The molecule has 0 aromatic carbocycles. The van der Waals surface area contributed by atoms with Crippen LogP contribution >= 0.6 is 11.3 Å². The van der Waals surface area contributed by atoms with Crippen LogP contribution in [0.5, 0.6) is 0 Å². The lowest BCUT2D eigenvalue weighted by Gasteiger charge is -2.03. The van der Waals surface area contributed by atoms with Crippen LogP contribution in [-0.4, -0.2) is 19.7 Å². The number of hydrogen-bond acceptors (Lipinski definition) is 5. The van der Waals surface area contributed by atoms with E-state index in [1.807, 2.05) is 19.3 Å². The first-order chi connectivity index (χ1) is 8.65. The summed E-state index contributed by atoms with van der Waals surface area (Å²) >= 11 is 1.69. The second kappa shape index (κ2) is 4.06. The molecule has 3 heterocycles. The molecule has 3 aromatic rings. The van der Waals surface area contributed by atoms with Crippen molar-refractivity contribution in [2.24, 2.45) is 7.05 Å². The maximum atomic E-state index is 4.32. The maximum absolute atomic E-state index is 4.32. The Labute approximate surface area is 109 Å². The second-order valence-electron chi connectivity index (χ2n) is 4.19. The standard InChI is InChI=1S/C12H13N5S/c1-7-8(2)18-12-10(7)11(13-6-14-12)15-9-4-5-17(3)16-9/h4-6H,1-3H3,(H,13,14,15,16). The first kappa shape index (κ1) is 11.2. The van der Waals surface area contributed by atoms with Crippen molar-refractivity contribution in [2.75, 3.05) is 5.32 Å². The number of anilines is 2. The fraction of sp³-hybridized carbons (Fsp3) is 0.250. The van der Waals surface area contributed by atoms with Crippen molar-refractivity contribution in [1.82, 2.24) is 19.7 Å². The van der Waals surface area contributed by atoms with Gasteiger partial charge in [-0.15, -0.1) is 11.3 Å². The van der Waals surface area contributed by atoms with E-state index in [1.54, 1.807) is 22.3 Å². The largest absolute Gasteiger partial charge is 0.323 e. The molecule has 0 amide bonds. The van der Waals surface area contributed by atoms with Gasteiger partial charge in [-0.2, -0.15) is 5.10 Å². The van der Waals surface area contributed by atoms with E-state index in [0.717, 1.165) is 21.9 Å². The highest BCUT2D eigenvalue weighted by atomic mass is 32.1. The third kappa shape index (κ3) is 1.74. The normalized spacial score (nSPS) is 11.1. The summed E-state index contributed by atoms with van der Waals surface area (Å²) in [7, 11) is 1.89. The second-order valence-corrected chi connectivity index (χ2v) is 5.39. The zero-order chi connectivity index (χ0) is 12.7. The zero-order valence-corrected chi connectivity index (χ0v) is 11.2. The number of hydrogen-bond donors (Lipinski definition) is 1. The van der Waals surface area contributed by atoms with Crippen molar-refractivity contribution in [3.8, 4) is 0 Å². The topological polar surface area (TPSA) is 55.6 Å². The molecule has 0 bridgehead atoms. The Morgan fingerprint density at radius 3 is 2.83 bits per heavy atom. The van der Waals surface area contributed by atoms with E-state index in [9.17, 15) is 0 Å². The molecule has 3 aromatic heterocycles. The van der Waals surface area contributed by atoms with Gasteiger partial charge >= 0.3 is 0 Å². The van der Waals surface area contributed by atoms with Crippen LogP contribution in [-0.2, 0) is 7.05 Å². The minimum absolute atomic E-state index is 0.792. The molecule has 0 aliphatic rings. The first-order valence-corrected chi connectivity index (χ1v) is 6.44. The summed E-state index contributed by atoms with van der Waals surface area (Å²) in [4.78, 5) is 10.9. The van der Waals surface area contributed by atoms with Crippen LogP contribution in [0.4, 0.5) is 11.6 Å². The van der Waals surface area contributed by atoms with Gasteiger partial charge in [-0.3, -0.25) is 4.68 Å². The predicted molar refractivity (Wildman–Crippen MR) is 73.4 cm³/mol. The first-order valence-electron chi connectivity index (χ1n) is 5.62. The third-order valence-electron chi connectivity index (χ3n) is 2.93. The van der Waals surface area contributed by atoms with Crippen molar-refractivity contribution in [3.63, 3.8) is 0 Å². The Bertz CT molecular complexity index is 712. The highest BCUT2D eigenvalue weighted by Gasteiger charge is 2.12. The van der Waals surface area contributed by atoms with E-state index >= 15 is 0 Å². The van der Waals surface area contributed by atoms with Crippen LogP contribution in [0, 0.1) is 13.8 Å². The minimum Gasteiger partial charge on any atom is -0.323 e. The van der Waals surface area contributed by atoms with Crippen molar-refractivity contribution < 1.29 is 0 Å². The van der Waals surface area contributed by atoms with E-state index in [2.05, 4.69) is 34.2 Å². The third-order valence-corrected chi connectivity index (χ3v) is 4.04. The van der Waals surface area contributed by atoms with Crippen molar-refractivity contribution in [2.45, 2.75) is 13.8 Å². The molecule has 0 aliphatic heterocycles. The fourth-order valence-corrected chi connectivity index (χ4v) is 2.88. The van der Waals surface area contributed by atoms with Crippen LogP contribution in [0.2, 0.25) is 0 Å². The van der Waals surface area contributed by atoms with Gasteiger partial charge in [0.15, 0.2) is 5.82 Å². The van der Waals surface area contributed by atoms with Crippen LogP contribution in [0.15, 0.2) is 18.6 Å². The van der Waals surface area contributed by atoms with E-state index in [0.29, 0.717) is 0 Å². The Morgan fingerprint density at radius 2 is 2.11 bits per heavy atom. The average molecular weight is 259 g/mol. The van der Waals surface area contributed by atoms with E-state index < -0.39 is 0 Å². The lowest BCUT2D eigenvalue weighted by Crippen LogP contribution is -1.97. The molecular formula is C12H13N5S. The molecule has 6 heteroatoms. The van der Waals surface area contributed by atoms with Gasteiger partial charge in [-0.05, 0) is 19.4 Å². The van der Waals surface area contributed by atoms with Crippen LogP contribution in [0.1, 0.15) is 10.4 Å². The summed E-state index contributed by atoms with van der Waals surface area (Å²) in [5.74, 6) is 1.61. The molecule has 1 N–H and O–H groups in total. The zero-order valence-electron chi connectivity index (χ0n) is 10.4. The molecule has 0 aliphatic carbocycles. The Hall–Kier alpha value is -1.95. The molecule has 0 spiro atoms. The van der Waals surface area contributed by atoms with Gasteiger partial charge in [0.05, 0.1) is 5.39 Å². The molecule has 0 atom stereocenters. The van der Waals surface area contributed by atoms with E-state index in [1.165, 1.54) is 10.4 Å². The monoisotopic (exact) mass is 259 g/mol. The van der Waals surface area contributed by atoms with Crippen molar-refractivity contribution in [3.05, 3.63) is 29.0 Å². The Balaban J connectivity index is 2.11. The molecule has 18 heavy (non-hydrogen) atoms. The van der Waals surface area contributed by atoms with Gasteiger partial charge in [0.1, 0.15) is 17.0 Å². The highest BCUT2D eigenvalue weighted by molar-refractivity contribution is 7.18. The van der Waals surface area contributed by atoms with Crippen LogP contribution < -0.4 is 5.32 Å². The number of rotatable bonds is 2. The van der Waals surface area contributed by atoms with Gasteiger partial charge in [-0.1, -0.05) is 0 Å². The van der Waals surface area contributed by atoms with E-state index in [4.69, 9.17) is 0 Å². The predicted octanol–water partition coefficient (Wildman–Crippen LogP) is 2.79. The van der Waals surface area contributed by atoms with Crippen LogP contribution in [0.3, 0.4) is 0 Å². The number of aryl methyl sites for hydroxylation is 3. The molecule has 0 saturated carbocycles. The summed E-state index contributed by atoms with van der Waals surface area (Å²) in [6, 6.07) is 1.92. The van der Waals surface area contributed by atoms with Crippen LogP contribution in [0.25, 0.3) is 10.2 Å². The average Bonchev–Trinajstić information content (AvgIpc) is 2.86. The molecule has 5 nitrogen and oxygen atoms in total. The molecular weight excluding hydrogens is 246 g/mol. The summed E-state index contributed by atoms with van der Waals surface area (Å²) in [6.45, 7) is 4.20. The van der Waals surface area contributed by atoms with Gasteiger partial charge in [0.2, 0.25) is 0 Å². The number of aromatic nitrogens is 4. The number of nitrogens with zero attached hydrogens (tertiary/aromatic N) is 4. The molecule has 0 saturated heterocycles. The number of nitrogens with one attached hydrogen (secondary N) is 1. The SMILES string of the molecule is Cc1sc2ncnc(Nc3ccn(C)n3)c2c1C. The molecule has 3 rings (SSSR count). The molecule has 0 unspecified atom stereocenters. The number of fused-ring (bicyclic) bond motifs is 1. The fourth-order valence-electron chi connectivity index (χ4n) is 1.88. The molecule has 92 valence electrons. The summed E-state index contributed by atoms with van der Waals surface area (Å²) in [5, 5.41) is 8.63. The van der Waals surface area contributed by atoms with E-state index in [-0.39, 0.29) is 0 Å². The smallest absolute Gasteiger partial charge is 0.153 e. The minimum atomic E-state index is 0.792. The van der Waals surface area contributed by atoms with Gasteiger partial charge in [0, 0.05) is 24.2 Å². The highest BCUT2D eigenvalue weighted by Crippen LogP contribution is 2.33. The Kier molecular flexibility index (Phi) is 2.52.